The number of hydrogen-bond acceptors (Lipinski definition) is 1. The first-order valence-electron chi connectivity index (χ1n) is 3.79. The molecule has 11 heavy (non-hydrogen) atoms. The molecule has 0 aliphatic heterocycles. The van der Waals surface area contributed by atoms with Gasteiger partial charge < -0.3 is 0 Å². The van der Waals surface area contributed by atoms with Gasteiger partial charge >= 0.3 is 0 Å². The molecule has 1 aromatic rings. The van der Waals surface area contributed by atoms with Crippen LogP contribution in [0.5, 0.6) is 0 Å². The summed E-state index contributed by atoms with van der Waals surface area (Å²) < 4.78 is 3.27. The van der Waals surface area contributed by atoms with Crippen LogP contribution in [0.3, 0.4) is 0 Å². The van der Waals surface area contributed by atoms with E-state index in [2.05, 4.69) is 47.7 Å². The Bertz CT molecular complexity index is 221. The van der Waals surface area contributed by atoms with Crippen molar-refractivity contribution in [1.29, 1.82) is 0 Å². The minimum atomic E-state index is 0.671. The number of nitrogens with zero attached hydrogens (tertiary/aromatic N) is 2. The second-order valence-corrected chi connectivity index (χ2v) is 4.34. The molecule has 1 heterocycles. The summed E-state index contributed by atoms with van der Waals surface area (Å²) in [7, 11) is 0. The van der Waals surface area contributed by atoms with Crippen LogP contribution >= 0.6 is 22.6 Å². The van der Waals surface area contributed by atoms with Crippen LogP contribution in [0, 0.1) is 16.4 Å². The van der Waals surface area contributed by atoms with Crippen molar-refractivity contribution >= 4 is 22.6 Å². The molecule has 3 heteroatoms. The minimum Gasteiger partial charge on any atom is -0.271 e. The van der Waals surface area contributed by atoms with Crippen molar-refractivity contribution in [3.8, 4) is 0 Å². The summed E-state index contributed by atoms with van der Waals surface area (Å²) in [5, 5.41) is 4.36. The average molecular weight is 264 g/mol. The molecule has 1 aromatic heterocycles. The Morgan fingerprint density at radius 3 is 2.64 bits per heavy atom. The average Bonchev–Trinajstić information content (AvgIpc) is 2.10. The molecule has 0 amide bonds. The molecular formula is C8H13IN2. The third-order valence-electron chi connectivity index (χ3n) is 1.44. The van der Waals surface area contributed by atoms with E-state index in [9.17, 15) is 0 Å². The first-order chi connectivity index (χ1) is 5.09. The van der Waals surface area contributed by atoms with E-state index in [1.165, 1.54) is 3.57 Å². The second kappa shape index (κ2) is 3.56. The van der Waals surface area contributed by atoms with Crippen LogP contribution in [0.4, 0.5) is 0 Å². The van der Waals surface area contributed by atoms with Crippen molar-refractivity contribution in [1.82, 2.24) is 9.78 Å². The van der Waals surface area contributed by atoms with Gasteiger partial charge in [-0.1, -0.05) is 13.8 Å². The predicted molar refractivity (Wildman–Crippen MR) is 54.5 cm³/mol. The fraction of sp³-hybridized carbons (Fsp3) is 0.625. The van der Waals surface area contributed by atoms with E-state index in [-0.39, 0.29) is 0 Å². The number of aromatic nitrogens is 2. The zero-order valence-electron chi connectivity index (χ0n) is 7.13. The summed E-state index contributed by atoms with van der Waals surface area (Å²) in [6, 6.07) is 0. The molecule has 2 nitrogen and oxygen atoms in total. The van der Waals surface area contributed by atoms with Crippen LogP contribution in [0.1, 0.15) is 19.5 Å². The molecule has 0 saturated carbocycles. The van der Waals surface area contributed by atoms with Gasteiger partial charge in [0.2, 0.25) is 0 Å². The SMILES string of the molecule is Cc1nn(CC(C)C)cc1I. The van der Waals surface area contributed by atoms with E-state index in [0.29, 0.717) is 5.92 Å². The molecule has 0 saturated heterocycles. The van der Waals surface area contributed by atoms with E-state index < -0.39 is 0 Å². The molecule has 0 aliphatic rings. The van der Waals surface area contributed by atoms with Crippen LogP contribution in [0.25, 0.3) is 0 Å². The Balaban J connectivity index is 2.73. The van der Waals surface area contributed by atoms with Gasteiger partial charge in [0.15, 0.2) is 0 Å². The molecule has 0 spiro atoms. The van der Waals surface area contributed by atoms with E-state index in [1.807, 2.05) is 11.6 Å². The summed E-state index contributed by atoms with van der Waals surface area (Å²) in [6.07, 6.45) is 2.09. The van der Waals surface area contributed by atoms with E-state index in [0.717, 1.165) is 12.2 Å². The molecule has 0 unspecified atom stereocenters. The summed E-state index contributed by atoms with van der Waals surface area (Å²) in [6.45, 7) is 7.45. The quantitative estimate of drug-likeness (QED) is 0.750. The van der Waals surface area contributed by atoms with Gasteiger partial charge in [-0.2, -0.15) is 5.10 Å². The van der Waals surface area contributed by atoms with Crippen molar-refractivity contribution in [2.75, 3.05) is 0 Å². The number of aryl methyl sites for hydroxylation is 1. The molecule has 0 fully saturated rings. The van der Waals surface area contributed by atoms with Gasteiger partial charge in [-0.05, 0) is 35.4 Å². The van der Waals surface area contributed by atoms with Crippen LogP contribution in [-0.2, 0) is 6.54 Å². The predicted octanol–water partition coefficient (Wildman–Crippen LogP) is 2.45. The van der Waals surface area contributed by atoms with Crippen LogP contribution < -0.4 is 0 Å². The van der Waals surface area contributed by atoms with Gasteiger partial charge in [0.1, 0.15) is 0 Å². The lowest BCUT2D eigenvalue weighted by atomic mass is 10.2. The largest absolute Gasteiger partial charge is 0.271 e. The van der Waals surface area contributed by atoms with Crippen molar-refractivity contribution in [3.63, 3.8) is 0 Å². The van der Waals surface area contributed by atoms with E-state index in [4.69, 9.17) is 0 Å². The van der Waals surface area contributed by atoms with Crippen LogP contribution in [0.15, 0.2) is 6.20 Å². The highest BCUT2D eigenvalue weighted by Gasteiger charge is 2.01. The van der Waals surface area contributed by atoms with Crippen molar-refractivity contribution in [2.24, 2.45) is 5.92 Å². The van der Waals surface area contributed by atoms with E-state index >= 15 is 0 Å². The van der Waals surface area contributed by atoms with Gasteiger partial charge in [0, 0.05) is 12.7 Å². The molecule has 0 bridgehead atoms. The molecule has 0 aliphatic carbocycles. The summed E-state index contributed by atoms with van der Waals surface area (Å²) in [5.74, 6) is 0.671. The highest BCUT2D eigenvalue weighted by molar-refractivity contribution is 14.1. The maximum absolute atomic E-state index is 4.36. The summed E-state index contributed by atoms with van der Waals surface area (Å²) in [4.78, 5) is 0. The van der Waals surface area contributed by atoms with Crippen LogP contribution in [0.2, 0.25) is 0 Å². The first kappa shape index (κ1) is 9.03. The third-order valence-corrected chi connectivity index (χ3v) is 2.50. The highest BCUT2D eigenvalue weighted by atomic mass is 127. The van der Waals surface area contributed by atoms with Gasteiger partial charge in [-0.15, -0.1) is 0 Å². The summed E-state index contributed by atoms with van der Waals surface area (Å²) in [5.41, 5.74) is 1.13. The molecule has 1 rings (SSSR count). The Hall–Kier alpha value is -0.0600. The topological polar surface area (TPSA) is 17.8 Å². The maximum Gasteiger partial charge on any atom is 0.0727 e. The number of halogens is 1. The number of rotatable bonds is 2. The standard InChI is InChI=1S/C8H13IN2/c1-6(2)4-11-5-8(9)7(3)10-11/h5-6H,4H2,1-3H3. The lowest BCUT2D eigenvalue weighted by Crippen LogP contribution is -2.04. The fourth-order valence-electron chi connectivity index (χ4n) is 0.961. The van der Waals surface area contributed by atoms with Gasteiger partial charge in [0.05, 0.1) is 9.26 Å². The highest BCUT2D eigenvalue weighted by Crippen LogP contribution is 2.09. The van der Waals surface area contributed by atoms with Crippen LogP contribution in [-0.4, -0.2) is 9.78 Å². The molecule has 0 radical (unpaired) electrons. The first-order valence-corrected chi connectivity index (χ1v) is 4.87. The third kappa shape index (κ3) is 2.47. The Morgan fingerprint density at radius 2 is 2.27 bits per heavy atom. The molecule has 0 aromatic carbocycles. The van der Waals surface area contributed by atoms with E-state index in [1.54, 1.807) is 0 Å². The normalized spacial score (nSPS) is 11.0. The van der Waals surface area contributed by atoms with Gasteiger partial charge in [-0.3, -0.25) is 4.68 Å². The number of hydrogen-bond donors (Lipinski definition) is 0. The maximum atomic E-state index is 4.36. The van der Waals surface area contributed by atoms with Crippen molar-refractivity contribution in [2.45, 2.75) is 27.3 Å². The van der Waals surface area contributed by atoms with Crippen molar-refractivity contribution in [3.05, 3.63) is 15.5 Å². The monoisotopic (exact) mass is 264 g/mol. The molecule has 0 atom stereocenters. The van der Waals surface area contributed by atoms with Crippen molar-refractivity contribution < 1.29 is 0 Å². The zero-order chi connectivity index (χ0) is 8.43. The molecular weight excluding hydrogens is 251 g/mol. The smallest absolute Gasteiger partial charge is 0.0727 e. The second-order valence-electron chi connectivity index (χ2n) is 3.18. The van der Waals surface area contributed by atoms with Gasteiger partial charge in [0.25, 0.3) is 0 Å². The zero-order valence-corrected chi connectivity index (χ0v) is 9.29. The lowest BCUT2D eigenvalue weighted by Gasteiger charge is -2.02. The summed E-state index contributed by atoms with van der Waals surface area (Å²) >= 11 is 2.31. The fourth-order valence-corrected chi connectivity index (χ4v) is 1.39. The molecule has 0 N–H and O–H groups in total. The Morgan fingerprint density at radius 1 is 1.64 bits per heavy atom. The minimum absolute atomic E-state index is 0.671. The molecule has 62 valence electrons. The Kier molecular flexibility index (Phi) is 2.92. The Labute approximate surface area is 81.1 Å². The van der Waals surface area contributed by atoms with Gasteiger partial charge in [-0.25, -0.2) is 0 Å². The lowest BCUT2D eigenvalue weighted by molar-refractivity contribution is 0.481.